The smallest absolute Gasteiger partial charge is 0.290 e. The van der Waals surface area contributed by atoms with E-state index in [1.54, 1.807) is 43.6 Å². The Balaban J connectivity index is 0.00000248. The second-order valence-corrected chi connectivity index (χ2v) is 13.6. The van der Waals surface area contributed by atoms with E-state index in [1.807, 2.05) is 50.2 Å². The van der Waals surface area contributed by atoms with E-state index in [4.69, 9.17) is 39.0 Å². The first-order valence-corrected chi connectivity index (χ1v) is 18.9. The zero-order valence-electron chi connectivity index (χ0n) is 33.2. The molecular weight excluding hydrogens is 766 g/mol. The van der Waals surface area contributed by atoms with Crippen molar-refractivity contribution in [1.29, 1.82) is 0 Å². The van der Waals surface area contributed by atoms with Gasteiger partial charge in [-0.05, 0) is 54.7 Å². The van der Waals surface area contributed by atoms with Crippen LogP contribution in [0.15, 0.2) is 88.2 Å². The van der Waals surface area contributed by atoms with Gasteiger partial charge < -0.3 is 49.9 Å². The normalized spacial score (nSPS) is 12.5. The molecule has 0 aliphatic heterocycles. The number of carbonyl (C=O) groups excluding carboxylic acids is 2. The van der Waals surface area contributed by atoms with E-state index in [0.29, 0.717) is 79.1 Å². The first-order valence-electron chi connectivity index (χ1n) is 18.9. The van der Waals surface area contributed by atoms with Crippen LogP contribution < -0.4 is 31.4 Å². The summed E-state index contributed by atoms with van der Waals surface area (Å²) in [5.41, 5.74) is 9.08. The topological polar surface area (TPSA) is 252 Å². The number of hydrogen-bond donors (Lipinski definition) is 5. The van der Waals surface area contributed by atoms with Crippen molar-refractivity contribution in [2.45, 2.75) is 51.5 Å². The first-order chi connectivity index (χ1) is 28.5. The molecule has 0 bridgehead atoms. The van der Waals surface area contributed by atoms with Gasteiger partial charge in [0.1, 0.15) is 48.1 Å². The summed E-state index contributed by atoms with van der Waals surface area (Å²) in [4.78, 5) is 54.5. The van der Waals surface area contributed by atoms with E-state index in [-0.39, 0.29) is 43.6 Å². The Morgan fingerprint density at radius 3 is 2.34 bits per heavy atom. The summed E-state index contributed by atoms with van der Waals surface area (Å²) < 4.78 is 29.8. The number of nitrogens with zero attached hydrogens (tertiary/aromatic N) is 4. The summed E-state index contributed by atoms with van der Waals surface area (Å²) in [5, 5.41) is 27.0. The van der Waals surface area contributed by atoms with Gasteiger partial charge in [0.05, 0.1) is 38.3 Å². The average Bonchev–Trinajstić information content (AvgIpc) is 3.65. The Hall–Kier alpha value is -6.21. The number of aromatic nitrogens is 4. The monoisotopic (exact) mass is 817 g/mol. The van der Waals surface area contributed by atoms with E-state index in [1.165, 1.54) is 10.7 Å². The average molecular weight is 818 g/mol. The molecule has 0 spiro atoms. The lowest BCUT2D eigenvalue weighted by Crippen LogP contribution is -2.54. The van der Waals surface area contributed by atoms with Crippen LogP contribution in [0.5, 0.6) is 11.5 Å². The number of carbonyl (C=O) groups is 3. The SMILES string of the molecule is CC(C)CC(NC(=O)C(O)C(N)Cc1ccccc1)C(=O)NCCOCCOCCOc1ccc(COc2ccc3oc(-c4ccc(=O)n(C)n4)nc3c2)nc1.O=CO. The molecule has 5 rings (SSSR count). The molecule has 3 aromatic heterocycles. The Labute approximate surface area is 340 Å². The molecule has 0 radical (unpaired) electrons. The summed E-state index contributed by atoms with van der Waals surface area (Å²) in [6, 6.07) is 19.6. The second kappa shape index (κ2) is 23.9. The summed E-state index contributed by atoms with van der Waals surface area (Å²) in [6.45, 7) is 5.68. The van der Waals surface area contributed by atoms with Crippen LogP contribution in [0.4, 0.5) is 0 Å². The van der Waals surface area contributed by atoms with Crippen molar-refractivity contribution in [2.75, 3.05) is 39.6 Å². The lowest BCUT2D eigenvalue weighted by atomic mass is 10.00. The quantitative estimate of drug-likeness (QED) is 0.0496. The molecule has 2 amide bonds. The molecule has 18 nitrogen and oxygen atoms in total. The van der Waals surface area contributed by atoms with Gasteiger partial charge in [-0.1, -0.05) is 44.2 Å². The maximum absolute atomic E-state index is 12.9. The van der Waals surface area contributed by atoms with Gasteiger partial charge in [0.2, 0.25) is 11.8 Å². The number of fused-ring (bicyclic) bond motifs is 1. The summed E-state index contributed by atoms with van der Waals surface area (Å²) in [5.74, 6) is 0.564. The number of carboxylic acid groups (broad SMARTS) is 1. The van der Waals surface area contributed by atoms with Gasteiger partial charge in [-0.15, -0.1) is 0 Å². The number of oxazole rings is 1. The van der Waals surface area contributed by atoms with E-state index in [0.717, 1.165) is 5.56 Å². The molecule has 3 atom stereocenters. The summed E-state index contributed by atoms with van der Waals surface area (Å²) >= 11 is 0. The Morgan fingerprint density at radius 2 is 1.64 bits per heavy atom. The van der Waals surface area contributed by atoms with E-state index in [9.17, 15) is 19.5 Å². The molecule has 2 aromatic carbocycles. The Morgan fingerprint density at radius 1 is 0.932 bits per heavy atom. The van der Waals surface area contributed by atoms with Gasteiger partial charge in [-0.3, -0.25) is 24.2 Å². The van der Waals surface area contributed by atoms with Crippen LogP contribution in [0, 0.1) is 5.92 Å². The van der Waals surface area contributed by atoms with Gasteiger partial charge in [-0.2, -0.15) is 5.10 Å². The number of pyridine rings is 1. The number of amides is 2. The van der Waals surface area contributed by atoms with Crippen molar-refractivity contribution in [2.24, 2.45) is 18.7 Å². The Kier molecular flexibility index (Phi) is 18.4. The minimum Gasteiger partial charge on any atom is -0.490 e. The lowest BCUT2D eigenvalue weighted by Gasteiger charge is -2.24. The molecule has 6 N–H and O–H groups in total. The highest BCUT2D eigenvalue weighted by atomic mass is 16.5. The highest BCUT2D eigenvalue weighted by Gasteiger charge is 2.28. The second-order valence-electron chi connectivity index (χ2n) is 13.6. The summed E-state index contributed by atoms with van der Waals surface area (Å²) in [6.07, 6.45) is 0.876. The van der Waals surface area contributed by atoms with Gasteiger partial charge in [0, 0.05) is 31.8 Å². The number of nitrogens with two attached hydrogens (primary N) is 1. The molecule has 0 fully saturated rings. The molecule has 316 valence electrons. The van der Waals surface area contributed by atoms with Crippen LogP contribution in [0.2, 0.25) is 0 Å². The van der Waals surface area contributed by atoms with Gasteiger partial charge >= 0.3 is 0 Å². The predicted molar refractivity (Wildman–Crippen MR) is 215 cm³/mol. The Bertz CT molecular complexity index is 2110. The highest BCUT2D eigenvalue weighted by molar-refractivity contribution is 5.89. The van der Waals surface area contributed by atoms with E-state index < -0.39 is 24.1 Å². The fourth-order valence-electron chi connectivity index (χ4n) is 5.52. The largest absolute Gasteiger partial charge is 0.490 e. The fraction of sp³-hybridized carbons (Fsp3) is 0.390. The van der Waals surface area contributed by atoms with Crippen molar-refractivity contribution in [3.8, 4) is 23.1 Å². The van der Waals surface area contributed by atoms with E-state index >= 15 is 0 Å². The number of ether oxygens (including phenoxy) is 4. The third-order valence-corrected chi connectivity index (χ3v) is 8.47. The number of aliphatic hydroxyl groups excluding tert-OH is 1. The van der Waals surface area contributed by atoms with E-state index in [2.05, 4.69) is 25.7 Å². The third-order valence-electron chi connectivity index (χ3n) is 8.47. The highest BCUT2D eigenvalue weighted by Crippen LogP contribution is 2.26. The number of hydrogen-bond acceptors (Lipinski definition) is 14. The molecule has 3 heterocycles. The molecular formula is C41H51N7O11. The molecule has 0 saturated heterocycles. The molecule has 0 saturated carbocycles. The predicted octanol–water partition coefficient (Wildman–Crippen LogP) is 2.25. The van der Waals surface area contributed by atoms with Crippen LogP contribution in [-0.4, -0.2) is 106 Å². The number of aryl methyl sites for hydroxylation is 1. The number of nitrogens with one attached hydrogen (secondary N) is 2. The van der Waals surface area contributed by atoms with Crippen molar-refractivity contribution in [3.63, 3.8) is 0 Å². The number of benzene rings is 2. The molecule has 0 aliphatic rings. The number of aliphatic hydroxyl groups is 1. The molecule has 0 aliphatic carbocycles. The fourth-order valence-corrected chi connectivity index (χ4v) is 5.52. The molecule has 5 aromatic rings. The van der Waals surface area contributed by atoms with Crippen LogP contribution in [0.25, 0.3) is 22.7 Å². The van der Waals surface area contributed by atoms with Gasteiger partial charge in [-0.25, -0.2) is 9.67 Å². The lowest BCUT2D eigenvalue weighted by molar-refractivity contribution is -0.135. The van der Waals surface area contributed by atoms with Crippen molar-refractivity contribution in [3.05, 3.63) is 101 Å². The minimum atomic E-state index is -1.46. The third kappa shape index (κ3) is 15.2. The van der Waals surface area contributed by atoms with Crippen LogP contribution in [-0.2, 0) is 43.9 Å². The maximum Gasteiger partial charge on any atom is 0.290 e. The maximum atomic E-state index is 12.9. The standard InChI is InChI=1S/C40H49N7O9.CH2O2/c1-26(2)21-34(44-39(51)37(49)31(41)22-27-7-5-4-6-8-27)38(50)42-15-16-52-17-18-53-19-20-54-30-10-9-28(43-24-30)25-55-29-11-13-35-33(23-29)45-40(56-35)32-12-14-36(48)47(3)46-32;2-1-3/h4-14,23-24,26,31,34,37,49H,15-22,25,41H2,1-3H3,(H,42,50)(H,44,51);1H,(H,2,3). The van der Waals surface area contributed by atoms with Crippen LogP contribution in [0.1, 0.15) is 31.5 Å². The molecule has 3 unspecified atom stereocenters. The zero-order chi connectivity index (χ0) is 42.6. The molecule has 18 heteroatoms. The van der Waals surface area contributed by atoms with Gasteiger partial charge in [0.25, 0.3) is 17.9 Å². The van der Waals surface area contributed by atoms with Gasteiger partial charge in [0.15, 0.2) is 5.58 Å². The molecule has 59 heavy (non-hydrogen) atoms. The number of rotatable bonds is 22. The van der Waals surface area contributed by atoms with Crippen molar-refractivity contribution >= 4 is 29.4 Å². The first kappa shape index (κ1) is 45.5. The van der Waals surface area contributed by atoms with Crippen LogP contribution >= 0.6 is 0 Å². The minimum absolute atomic E-state index is 0.124. The summed E-state index contributed by atoms with van der Waals surface area (Å²) in [7, 11) is 1.56. The van der Waals surface area contributed by atoms with Crippen LogP contribution in [0.3, 0.4) is 0 Å². The zero-order valence-corrected chi connectivity index (χ0v) is 33.2. The van der Waals surface area contributed by atoms with Crippen molar-refractivity contribution in [1.82, 2.24) is 30.4 Å². The van der Waals surface area contributed by atoms with Crippen molar-refractivity contribution < 1.29 is 48.0 Å².